The summed E-state index contributed by atoms with van der Waals surface area (Å²) in [5.74, 6) is 2.33. The van der Waals surface area contributed by atoms with E-state index in [9.17, 15) is 9.59 Å². The van der Waals surface area contributed by atoms with Crippen LogP contribution in [0.2, 0.25) is 0 Å². The number of carbonyl (C=O) groups excluding carboxylic acids is 2. The minimum Gasteiger partial charge on any atom is -0.493 e. The first-order chi connectivity index (χ1) is 16.2. The molecule has 12 heteroatoms. The van der Waals surface area contributed by atoms with E-state index in [2.05, 4.69) is 36.1 Å². The highest BCUT2D eigenvalue weighted by Gasteiger charge is 2.19. The summed E-state index contributed by atoms with van der Waals surface area (Å²) in [6, 6.07) is 6.58. The lowest BCUT2D eigenvalue weighted by Gasteiger charge is -2.12. The fourth-order valence-corrected chi connectivity index (χ4v) is 4.28. The monoisotopic (exact) mass is 506 g/mol. The lowest BCUT2D eigenvalue weighted by atomic mass is 9.94. The number of benzene rings is 1. The number of hydrogen-bond acceptors (Lipinski definition) is 10. The number of hydroxylamine groups is 1. The third kappa shape index (κ3) is 8.04. The number of thiazole rings is 1. The number of anilines is 1. The molecule has 3 rings (SSSR count). The predicted octanol–water partition coefficient (Wildman–Crippen LogP) is 5.00. The number of nitrogens with zero attached hydrogens (tertiary/aromatic N) is 2. The highest BCUT2D eigenvalue weighted by atomic mass is 32.2. The summed E-state index contributed by atoms with van der Waals surface area (Å²) in [6.07, 6.45) is 3.31. The van der Waals surface area contributed by atoms with E-state index in [1.54, 1.807) is 42.1 Å². The Morgan fingerprint density at radius 1 is 1.21 bits per heavy atom. The zero-order valence-electron chi connectivity index (χ0n) is 19.0. The molecule has 2 aromatic heterocycles. The van der Waals surface area contributed by atoms with Crippen LogP contribution in [0.1, 0.15) is 45.3 Å². The molecule has 0 aliphatic heterocycles. The summed E-state index contributed by atoms with van der Waals surface area (Å²) < 4.78 is 17.5. The van der Waals surface area contributed by atoms with Gasteiger partial charge in [-0.15, -0.1) is 11.8 Å². The van der Waals surface area contributed by atoms with Crippen molar-refractivity contribution in [3.05, 3.63) is 48.3 Å². The molecular formula is C22H26N4O6S2. The van der Waals surface area contributed by atoms with Crippen LogP contribution in [0.3, 0.4) is 0 Å². The van der Waals surface area contributed by atoms with Crippen LogP contribution in [0.5, 0.6) is 11.5 Å². The summed E-state index contributed by atoms with van der Waals surface area (Å²) in [4.78, 5) is 31.7. The van der Waals surface area contributed by atoms with Gasteiger partial charge in [-0.25, -0.2) is 20.2 Å². The highest BCUT2D eigenvalue weighted by molar-refractivity contribution is 8.00. The maximum atomic E-state index is 12.2. The minimum absolute atomic E-state index is 0.0953. The highest BCUT2D eigenvalue weighted by Crippen LogP contribution is 2.32. The topological polar surface area (TPSA) is 136 Å². The summed E-state index contributed by atoms with van der Waals surface area (Å²) in [5.41, 5.74) is 1.47. The first-order valence-electron chi connectivity index (χ1n) is 10.4. The van der Waals surface area contributed by atoms with Crippen LogP contribution in [0.4, 0.5) is 9.93 Å². The van der Waals surface area contributed by atoms with Crippen LogP contribution in [0.15, 0.2) is 45.3 Å². The van der Waals surface area contributed by atoms with Crippen molar-refractivity contribution in [2.75, 3.05) is 11.9 Å². The minimum atomic E-state index is -0.676. The number of rotatable bonds is 10. The SMILES string of the molecule is CC(C)(C)c1cnc(CSc2cnc(NC(=O)Oc3cccc(OCCCC(=O)NO)c3)s2)o1. The molecule has 0 bridgehead atoms. The maximum absolute atomic E-state index is 12.2. The van der Waals surface area contributed by atoms with Gasteiger partial charge < -0.3 is 13.9 Å². The van der Waals surface area contributed by atoms with Gasteiger partial charge >= 0.3 is 6.09 Å². The third-order valence-electron chi connectivity index (χ3n) is 4.28. The van der Waals surface area contributed by atoms with Gasteiger partial charge in [0.2, 0.25) is 11.8 Å². The van der Waals surface area contributed by atoms with Gasteiger partial charge in [-0.1, -0.05) is 38.2 Å². The second kappa shape index (κ2) is 11.9. The van der Waals surface area contributed by atoms with E-state index in [0.29, 0.717) is 34.7 Å². The fraction of sp³-hybridized carbons (Fsp3) is 0.364. The Kier molecular flexibility index (Phi) is 8.91. The molecule has 0 fully saturated rings. The van der Waals surface area contributed by atoms with Crippen LogP contribution in [-0.2, 0) is 16.0 Å². The van der Waals surface area contributed by atoms with E-state index in [4.69, 9.17) is 19.1 Å². The van der Waals surface area contributed by atoms with Gasteiger partial charge in [0, 0.05) is 17.9 Å². The molecule has 34 heavy (non-hydrogen) atoms. The van der Waals surface area contributed by atoms with Gasteiger partial charge in [-0.3, -0.25) is 15.3 Å². The van der Waals surface area contributed by atoms with Gasteiger partial charge in [0.15, 0.2) is 5.13 Å². The number of hydrogen-bond donors (Lipinski definition) is 3. The Morgan fingerprint density at radius 2 is 2.00 bits per heavy atom. The van der Waals surface area contributed by atoms with Crippen LogP contribution in [0, 0.1) is 0 Å². The number of ether oxygens (including phenoxy) is 2. The quantitative estimate of drug-likeness (QED) is 0.150. The Morgan fingerprint density at radius 3 is 2.74 bits per heavy atom. The molecule has 0 aliphatic rings. The summed E-state index contributed by atoms with van der Waals surface area (Å²) in [7, 11) is 0. The zero-order chi connectivity index (χ0) is 24.6. The van der Waals surface area contributed by atoms with Crippen molar-refractivity contribution in [3.8, 4) is 11.5 Å². The number of carbonyl (C=O) groups is 2. The molecule has 0 radical (unpaired) electrons. The molecule has 0 atom stereocenters. The molecule has 10 nitrogen and oxygen atoms in total. The van der Waals surface area contributed by atoms with E-state index >= 15 is 0 Å². The largest absolute Gasteiger partial charge is 0.493 e. The molecule has 0 aliphatic carbocycles. The molecule has 3 N–H and O–H groups in total. The molecule has 0 unspecified atom stereocenters. The van der Waals surface area contributed by atoms with E-state index in [1.165, 1.54) is 23.1 Å². The molecule has 1 aromatic carbocycles. The van der Waals surface area contributed by atoms with Crippen molar-refractivity contribution in [1.29, 1.82) is 0 Å². The molecule has 0 saturated carbocycles. The van der Waals surface area contributed by atoms with Crippen molar-refractivity contribution < 1.29 is 28.7 Å². The van der Waals surface area contributed by atoms with Crippen LogP contribution in [0.25, 0.3) is 0 Å². The summed E-state index contributed by atoms with van der Waals surface area (Å²) in [5, 5.41) is 11.5. The first kappa shape index (κ1) is 25.5. The molecule has 2 amide bonds. The van der Waals surface area contributed by atoms with Crippen LogP contribution < -0.4 is 20.3 Å². The Labute approximate surface area is 205 Å². The first-order valence-corrected chi connectivity index (χ1v) is 12.2. The number of amides is 2. The van der Waals surface area contributed by atoms with Crippen molar-refractivity contribution in [3.63, 3.8) is 0 Å². The second-order valence-corrected chi connectivity index (χ2v) is 10.4. The normalized spacial score (nSPS) is 11.2. The van der Waals surface area contributed by atoms with Crippen molar-refractivity contribution in [1.82, 2.24) is 15.4 Å². The Balaban J connectivity index is 1.45. The predicted molar refractivity (Wildman–Crippen MR) is 128 cm³/mol. The van der Waals surface area contributed by atoms with E-state index in [1.807, 2.05) is 0 Å². The number of aromatic nitrogens is 2. The van der Waals surface area contributed by atoms with Gasteiger partial charge in [-0.2, -0.15) is 0 Å². The lowest BCUT2D eigenvalue weighted by Crippen LogP contribution is -2.18. The van der Waals surface area contributed by atoms with Crippen molar-refractivity contribution in [2.24, 2.45) is 0 Å². The Bertz CT molecular complexity index is 1110. The van der Waals surface area contributed by atoms with Gasteiger partial charge in [0.1, 0.15) is 17.3 Å². The van der Waals surface area contributed by atoms with E-state index in [0.717, 1.165) is 9.97 Å². The smallest absolute Gasteiger partial charge is 0.418 e. The second-order valence-electron chi connectivity index (χ2n) is 8.12. The molecule has 0 spiro atoms. The molecule has 0 saturated heterocycles. The third-order valence-corrected chi connectivity index (χ3v) is 6.37. The number of oxazole rings is 1. The molecule has 182 valence electrons. The average molecular weight is 507 g/mol. The summed E-state index contributed by atoms with van der Waals surface area (Å²) >= 11 is 2.84. The van der Waals surface area contributed by atoms with E-state index in [-0.39, 0.29) is 18.4 Å². The zero-order valence-corrected chi connectivity index (χ0v) is 20.6. The van der Waals surface area contributed by atoms with Crippen molar-refractivity contribution in [2.45, 2.75) is 49.0 Å². The lowest BCUT2D eigenvalue weighted by molar-refractivity contribution is -0.129. The standard InChI is InChI=1S/C22H26N4O6S2/c1-22(2,3)16-11-23-18(32-16)13-33-19-12-24-20(34-19)25-21(28)31-15-7-4-6-14(10-15)30-9-5-8-17(27)26-29/h4,6-7,10-12,29H,5,8-9,13H2,1-3H3,(H,26,27)(H,24,25,28). The average Bonchev–Trinajstić information content (AvgIpc) is 3.44. The Hall–Kier alpha value is -3.09. The van der Waals surface area contributed by atoms with Crippen LogP contribution >= 0.6 is 23.1 Å². The van der Waals surface area contributed by atoms with Crippen molar-refractivity contribution >= 4 is 40.2 Å². The molecule has 3 aromatic rings. The van der Waals surface area contributed by atoms with Gasteiger partial charge in [0.05, 0.1) is 29.0 Å². The fourth-order valence-electron chi connectivity index (χ4n) is 2.57. The van der Waals surface area contributed by atoms with Gasteiger partial charge in [-0.05, 0) is 18.6 Å². The summed E-state index contributed by atoms with van der Waals surface area (Å²) in [6.45, 7) is 6.47. The van der Waals surface area contributed by atoms with E-state index < -0.39 is 12.0 Å². The van der Waals surface area contributed by atoms with Crippen LogP contribution in [-0.4, -0.2) is 33.8 Å². The maximum Gasteiger partial charge on any atom is 0.418 e. The van der Waals surface area contributed by atoms with Gasteiger partial charge in [0.25, 0.3) is 0 Å². The molecular weight excluding hydrogens is 480 g/mol. The number of nitrogens with one attached hydrogen (secondary N) is 2. The number of thioether (sulfide) groups is 1. The molecule has 2 heterocycles.